The number of hydrogen-bond acceptors (Lipinski definition) is 7. The molecule has 0 aliphatic carbocycles. The van der Waals surface area contributed by atoms with Crippen LogP contribution in [-0.2, 0) is 6.54 Å². The van der Waals surface area contributed by atoms with Crippen LogP contribution in [-0.4, -0.2) is 58.1 Å². The highest BCUT2D eigenvalue weighted by Gasteiger charge is 2.19. The number of rotatable bonds is 4. The molecule has 1 saturated heterocycles. The van der Waals surface area contributed by atoms with Crippen molar-refractivity contribution >= 4 is 16.6 Å². The molecule has 1 aliphatic heterocycles. The van der Waals surface area contributed by atoms with Gasteiger partial charge in [-0.3, -0.25) is 14.9 Å². The predicted octanol–water partition coefficient (Wildman–Crippen LogP) is 2.06. The lowest BCUT2D eigenvalue weighted by Crippen LogP contribution is -2.46. The van der Waals surface area contributed by atoms with Gasteiger partial charge in [0.1, 0.15) is 6.33 Å². The fourth-order valence-electron chi connectivity index (χ4n) is 3.35. The average Bonchev–Trinajstić information content (AvgIpc) is 2.69. The summed E-state index contributed by atoms with van der Waals surface area (Å²) in [5.41, 5.74) is 4.16. The molecule has 1 fully saturated rings. The van der Waals surface area contributed by atoms with Crippen LogP contribution in [0.5, 0.6) is 5.88 Å². The summed E-state index contributed by atoms with van der Waals surface area (Å²) >= 11 is 0. The molecule has 2 aromatic heterocycles. The summed E-state index contributed by atoms with van der Waals surface area (Å²) < 4.78 is 5.37. The Balaban J connectivity index is 1.46. The van der Waals surface area contributed by atoms with Crippen molar-refractivity contribution in [3.05, 3.63) is 48.3 Å². The SMILES string of the molecule is COc1ncnc2ccc(N3CCN(Cc4nccnc4C)CC3)cc12. The molecule has 0 atom stereocenters. The van der Waals surface area contributed by atoms with Crippen LogP contribution in [0.1, 0.15) is 11.4 Å². The molecule has 0 N–H and O–H groups in total. The number of ether oxygens (including phenoxy) is 1. The van der Waals surface area contributed by atoms with Crippen molar-refractivity contribution in [2.24, 2.45) is 0 Å². The van der Waals surface area contributed by atoms with Crippen molar-refractivity contribution in [3.8, 4) is 5.88 Å². The van der Waals surface area contributed by atoms with E-state index in [1.54, 1.807) is 19.5 Å². The number of fused-ring (bicyclic) bond motifs is 1. The van der Waals surface area contributed by atoms with Gasteiger partial charge in [0.25, 0.3) is 0 Å². The van der Waals surface area contributed by atoms with Crippen molar-refractivity contribution in [3.63, 3.8) is 0 Å². The highest BCUT2D eigenvalue weighted by molar-refractivity contribution is 5.86. The van der Waals surface area contributed by atoms with Crippen LogP contribution in [0.25, 0.3) is 10.9 Å². The molecular weight excluding hydrogens is 328 g/mol. The van der Waals surface area contributed by atoms with E-state index < -0.39 is 0 Å². The zero-order chi connectivity index (χ0) is 17.9. The van der Waals surface area contributed by atoms with E-state index in [9.17, 15) is 0 Å². The molecule has 0 saturated carbocycles. The molecule has 4 rings (SSSR count). The Morgan fingerprint density at radius 2 is 1.81 bits per heavy atom. The van der Waals surface area contributed by atoms with Crippen molar-refractivity contribution in [2.45, 2.75) is 13.5 Å². The third-order valence-electron chi connectivity index (χ3n) is 4.87. The minimum atomic E-state index is 0.619. The predicted molar refractivity (Wildman–Crippen MR) is 100 cm³/mol. The average molecular weight is 350 g/mol. The van der Waals surface area contributed by atoms with Crippen molar-refractivity contribution in [1.29, 1.82) is 0 Å². The molecule has 0 bridgehead atoms. The van der Waals surface area contributed by atoms with E-state index in [1.165, 1.54) is 12.0 Å². The quantitative estimate of drug-likeness (QED) is 0.713. The molecule has 7 heteroatoms. The Morgan fingerprint density at radius 3 is 2.58 bits per heavy atom. The molecule has 0 spiro atoms. The Labute approximate surface area is 152 Å². The third-order valence-corrected chi connectivity index (χ3v) is 4.87. The van der Waals surface area contributed by atoms with E-state index in [2.05, 4.69) is 41.9 Å². The summed E-state index contributed by atoms with van der Waals surface area (Å²) in [6.45, 7) is 6.81. The number of aromatic nitrogens is 4. The van der Waals surface area contributed by atoms with E-state index in [1.807, 2.05) is 13.0 Å². The Bertz CT molecular complexity index is 907. The summed E-state index contributed by atoms with van der Waals surface area (Å²) in [6.07, 6.45) is 5.05. The van der Waals surface area contributed by atoms with Crippen LogP contribution < -0.4 is 9.64 Å². The highest BCUT2D eigenvalue weighted by atomic mass is 16.5. The molecule has 3 heterocycles. The number of anilines is 1. The fraction of sp³-hybridized carbons (Fsp3) is 0.368. The Morgan fingerprint density at radius 1 is 1.00 bits per heavy atom. The third kappa shape index (κ3) is 3.30. The molecule has 26 heavy (non-hydrogen) atoms. The summed E-state index contributed by atoms with van der Waals surface area (Å²) in [6, 6.07) is 6.28. The van der Waals surface area contributed by atoms with Gasteiger partial charge in [-0.2, -0.15) is 0 Å². The molecule has 1 aliphatic rings. The van der Waals surface area contributed by atoms with Crippen LogP contribution in [0.4, 0.5) is 5.69 Å². The lowest BCUT2D eigenvalue weighted by atomic mass is 10.2. The maximum atomic E-state index is 5.37. The van der Waals surface area contributed by atoms with Crippen molar-refractivity contribution < 1.29 is 4.74 Å². The number of piperazine rings is 1. The molecule has 0 radical (unpaired) electrons. The van der Waals surface area contributed by atoms with Crippen molar-refractivity contribution in [1.82, 2.24) is 24.8 Å². The number of aryl methyl sites for hydroxylation is 1. The van der Waals surface area contributed by atoms with E-state index in [-0.39, 0.29) is 0 Å². The standard InChI is InChI=1S/C19H22N6O/c1-14-18(21-6-5-20-14)12-24-7-9-25(10-8-24)15-3-4-17-16(11-15)19(26-2)23-13-22-17/h3-6,11,13H,7-10,12H2,1-2H3. The number of nitrogens with zero attached hydrogens (tertiary/aromatic N) is 6. The molecule has 1 aromatic carbocycles. The molecule has 0 unspecified atom stereocenters. The Hall–Kier alpha value is -2.80. The first-order valence-corrected chi connectivity index (χ1v) is 8.77. The normalized spacial score (nSPS) is 15.4. The summed E-state index contributed by atoms with van der Waals surface area (Å²) in [5.74, 6) is 0.619. The smallest absolute Gasteiger partial charge is 0.224 e. The highest BCUT2D eigenvalue weighted by Crippen LogP contribution is 2.27. The topological polar surface area (TPSA) is 67.3 Å². The van der Waals surface area contributed by atoms with Gasteiger partial charge < -0.3 is 9.64 Å². The number of methoxy groups -OCH3 is 1. The number of benzene rings is 1. The molecule has 134 valence electrons. The summed E-state index contributed by atoms with van der Waals surface area (Å²) in [4.78, 5) is 22.1. The zero-order valence-electron chi connectivity index (χ0n) is 15.1. The van der Waals surface area contributed by atoms with Gasteiger partial charge in [0.2, 0.25) is 5.88 Å². The van der Waals surface area contributed by atoms with Gasteiger partial charge in [-0.25, -0.2) is 9.97 Å². The first-order chi connectivity index (χ1) is 12.7. The monoisotopic (exact) mass is 350 g/mol. The van der Waals surface area contributed by atoms with Gasteiger partial charge >= 0.3 is 0 Å². The van der Waals surface area contributed by atoms with Crippen molar-refractivity contribution in [2.75, 3.05) is 38.2 Å². The van der Waals surface area contributed by atoms with E-state index in [4.69, 9.17) is 4.74 Å². The molecule has 0 amide bonds. The molecule has 3 aromatic rings. The summed E-state index contributed by atoms with van der Waals surface area (Å²) in [7, 11) is 1.64. The van der Waals surface area contributed by atoms with Crippen LogP contribution in [0.15, 0.2) is 36.9 Å². The minimum Gasteiger partial charge on any atom is -0.480 e. The van der Waals surface area contributed by atoms with Crippen LogP contribution in [0.3, 0.4) is 0 Å². The van der Waals surface area contributed by atoms with Crippen LogP contribution >= 0.6 is 0 Å². The number of hydrogen-bond donors (Lipinski definition) is 0. The maximum Gasteiger partial charge on any atom is 0.224 e. The van der Waals surface area contributed by atoms with Gasteiger partial charge in [0, 0.05) is 50.8 Å². The van der Waals surface area contributed by atoms with E-state index >= 15 is 0 Å². The van der Waals surface area contributed by atoms with E-state index in [0.717, 1.165) is 55.0 Å². The zero-order valence-corrected chi connectivity index (χ0v) is 15.1. The molecule has 7 nitrogen and oxygen atoms in total. The largest absolute Gasteiger partial charge is 0.480 e. The van der Waals surface area contributed by atoms with Gasteiger partial charge in [0.15, 0.2) is 0 Å². The second-order valence-electron chi connectivity index (χ2n) is 6.44. The fourth-order valence-corrected chi connectivity index (χ4v) is 3.35. The lowest BCUT2D eigenvalue weighted by Gasteiger charge is -2.36. The van der Waals surface area contributed by atoms with E-state index in [0.29, 0.717) is 5.88 Å². The lowest BCUT2D eigenvalue weighted by molar-refractivity contribution is 0.246. The minimum absolute atomic E-state index is 0.619. The second-order valence-corrected chi connectivity index (χ2v) is 6.44. The second kappa shape index (κ2) is 7.21. The van der Waals surface area contributed by atoms with Crippen LogP contribution in [0, 0.1) is 6.92 Å². The van der Waals surface area contributed by atoms with Gasteiger partial charge in [-0.15, -0.1) is 0 Å². The Kier molecular flexibility index (Phi) is 4.62. The first-order valence-electron chi connectivity index (χ1n) is 8.77. The first kappa shape index (κ1) is 16.7. The van der Waals surface area contributed by atoms with Crippen LogP contribution in [0.2, 0.25) is 0 Å². The maximum absolute atomic E-state index is 5.37. The van der Waals surface area contributed by atoms with Gasteiger partial charge in [-0.05, 0) is 25.1 Å². The molecular formula is C19H22N6O. The van der Waals surface area contributed by atoms with Gasteiger partial charge in [-0.1, -0.05) is 0 Å². The van der Waals surface area contributed by atoms with Gasteiger partial charge in [0.05, 0.1) is 29.4 Å². The summed E-state index contributed by atoms with van der Waals surface area (Å²) in [5, 5.41) is 0.949.